The molecule has 7 heteroatoms. The Balaban J connectivity index is 1.49. The number of rotatable bonds is 8. The van der Waals surface area contributed by atoms with Crippen LogP contribution in [0.2, 0.25) is 5.15 Å². The Bertz CT molecular complexity index is 1400. The largest absolute Gasteiger partial charge is 0.473 e. The number of fused-ring (bicyclic) bond motifs is 1. The van der Waals surface area contributed by atoms with E-state index in [1.165, 1.54) is 4.70 Å². The molecular formula is C28H25ClN2O3S. The Kier molecular flexibility index (Phi) is 8.02. The number of ether oxygens (including phenoxy) is 2. The first-order chi connectivity index (χ1) is 17.0. The smallest absolute Gasteiger partial charge is 0.307 e. The predicted octanol–water partition coefficient (Wildman–Crippen LogP) is 6.96. The van der Waals surface area contributed by atoms with Gasteiger partial charge in [-0.05, 0) is 66.6 Å². The molecular weight excluding hydrogens is 480 g/mol. The van der Waals surface area contributed by atoms with Gasteiger partial charge in [0.2, 0.25) is 5.88 Å². The van der Waals surface area contributed by atoms with E-state index in [2.05, 4.69) is 45.4 Å². The van der Waals surface area contributed by atoms with Crippen molar-refractivity contribution in [3.63, 3.8) is 0 Å². The highest BCUT2D eigenvalue weighted by molar-refractivity contribution is 7.17. The summed E-state index contributed by atoms with van der Waals surface area (Å²) in [6, 6.07) is 11.9. The van der Waals surface area contributed by atoms with Gasteiger partial charge in [0.1, 0.15) is 11.8 Å². The first-order valence-electron chi connectivity index (χ1n) is 11.3. The van der Waals surface area contributed by atoms with E-state index in [-0.39, 0.29) is 18.3 Å². The zero-order chi connectivity index (χ0) is 24.8. The minimum absolute atomic E-state index is 0.196. The van der Waals surface area contributed by atoms with Crippen LogP contribution in [0.25, 0.3) is 21.2 Å². The van der Waals surface area contributed by atoms with Gasteiger partial charge in [0, 0.05) is 34.1 Å². The quantitative estimate of drug-likeness (QED) is 0.147. The first kappa shape index (κ1) is 24.7. The topological polar surface area (TPSA) is 61.3 Å². The lowest BCUT2D eigenvalue weighted by Crippen LogP contribution is -2.10. The summed E-state index contributed by atoms with van der Waals surface area (Å²) < 4.78 is 12.2. The van der Waals surface area contributed by atoms with Crippen LogP contribution in [0.4, 0.5) is 0 Å². The number of carbonyl (C=O) groups is 1. The van der Waals surface area contributed by atoms with Crippen LogP contribution in [0.5, 0.6) is 5.88 Å². The summed E-state index contributed by atoms with van der Waals surface area (Å²) >= 11 is 7.86. The third kappa shape index (κ3) is 6.00. The molecule has 0 saturated carbocycles. The van der Waals surface area contributed by atoms with Crippen molar-refractivity contribution in [1.29, 1.82) is 0 Å². The van der Waals surface area contributed by atoms with Crippen molar-refractivity contribution in [2.45, 2.75) is 39.7 Å². The van der Waals surface area contributed by atoms with E-state index in [9.17, 15) is 4.79 Å². The van der Waals surface area contributed by atoms with Crippen molar-refractivity contribution in [2.75, 3.05) is 6.61 Å². The van der Waals surface area contributed by atoms with Gasteiger partial charge in [-0.1, -0.05) is 29.7 Å². The molecule has 0 N–H and O–H groups in total. The highest BCUT2D eigenvalue weighted by atomic mass is 35.5. The van der Waals surface area contributed by atoms with Crippen LogP contribution in [0, 0.1) is 18.8 Å². The molecule has 3 aromatic heterocycles. The van der Waals surface area contributed by atoms with Crippen LogP contribution in [-0.2, 0) is 16.1 Å². The van der Waals surface area contributed by atoms with Gasteiger partial charge in [0.15, 0.2) is 0 Å². The Morgan fingerprint density at radius 1 is 1.14 bits per heavy atom. The fourth-order valence-electron chi connectivity index (χ4n) is 3.82. The molecule has 4 rings (SSSR count). The second-order valence-electron chi connectivity index (χ2n) is 7.98. The van der Waals surface area contributed by atoms with E-state index < -0.39 is 0 Å². The van der Waals surface area contributed by atoms with E-state index >= 15 is 0 Å². The average molecular weight is 505 g/mol. The minimum Gasteiger partial charge on any atom is -0.473 e. The van der Waals surface area contributed by atoms with Crippen LogP contribution in [0.15, 0.2) is 54.2 Å². The van der Waals surface area contributed by atoms with Gasteiger partial charge in [0.05, 0.1) is 18.9 Å². The predicted molar refractivity (Wildman–Crippen MR) is 141 cm³/mol. The third-order valence-corrected chi connectivity index (χ3v) is 6.71. The molecule has 0 bridgehead atoms. The molecule has 0 amide bonds. The van der Waals surface area contributed by atoms with Gasteiger partial charge >= 0.3 is 5.97 Å². The van der Waals surface area contributed by atoms with Gasteiger partial charge in [-0.3, -0.25) is 4.79 Å². The molecule has 0 unspecified atom stereocenters. The third-order valence-electron chi connectivity index (χ3n) is 5.54. The lowest BCUT2D eigenvalue weighted by molar-refractivity contribution is -0.143. The molecule has 5 nitrogen and oxygen atoms in total. The van der Waals surface area contributed by atoms with E-state index in [1.54, 1.807) is 37.6 Å². The second kappa shape index (κ2) is 11.4. The van der Waals surface area contributed by atoms with E-state index in [0.717, 1.165) is 33.2 Å². The van der Waals surface area contributed by atoms with Crippen LogP contribution < -0.4 is 4.74 Å². The number of aromatic nitrogens is 2. The van der Waals surface area contributed by atoms with Crippen molar-refractivity contribution in [2.24, 2.45) is 0 Å². The number of nitrogens with zero attached hydrogens (tertiary/aromatic N) is 2. The molecule has 4 aromatic rings. The number of aryl methyl sites for hydroxylation is 1. The highest BCUT2D eigenvalue weighted by Gasteiger charge is 2.16. The number of benzene rings is 1. The molecule has 0 fully saturated rings. The fraction of sp³-hybridized carbons (Fsp3) is 0.250. The summed E-state index contributed by atoms with van der Waals surface area (Å²) in [5, 5.41) is 3.79. The zero-order valence-electron chi connectivity index (χ0n) is 19.8. The Morgan fingerprint density at radius 2 is 2.00 bits per heavy atom. The van der Waals surface area contributed by atoms with Crippen molar-refractivity contribution >= 4 is 39.0 Å². The summed E-state index contributed by atoms with van der Waals surface area (Å²) in [6.07, 6.45) is 3.70. The van der Waals surface area contributed by atoms with Gasteiger partial charge in [0.25, 0.3) is 0 Å². The lowest BCUT2D eigenvalue weighted by atomic mass is 9.98. The molecule has 0 aliphatic heterocycles. The number of halogens is 1. The average Bonchev–Trinajstić information content (AvgIpc) is 3.27. The maximum Gasteiger partial charge on any atom is 0.307 e. The molecule has 178 valence electrons. The number of thiophene rings is 1. The normalized spacial score (nSPS) is 11.5. The number of carbonyl (C=O) groups excluding carboxylic acids is 1. The van der Waals surface area contributed by atoms with Crippen molar-refractivity contribution in [1.82, 2.24) is 9.97 Å². The van der Waals surface area contributed by atoms with Crippen molar-refractivity contribution in [3.05, 3.63) is 76.0 Å². The SMILES string of the molecule is CC#C[C@@H](CC(=O)OCC)c1ccc(OCc2ccc3scc(-c4cc(Cl)ncc4C)c3c2)nc1. The van der Waals surface area contributed by atoms with Crippen LogP contribution in [0.1, 0.15) is 42.9 Å². The number of hydrogen-bond acceptors (Lipinski definition) is 6. The number of esters is 1. The Labute approximate surface area is 214 Å². The van der Waals surface area contributed by atoms with Gasteiger partial charge in [-0.15, -0.1) is 17.3 Å². The first-order valence-corrected chi connectivity index (χ1v) is 12.5. The van der Waals surface area contributed by atoms with E-state index in [0.29, 0.717) is 24.2 Å². The minimum atomic E-state index is -0.270. The Hall–Kier alpha value is -3.40. The maximum absolute atomic E-state index is 11.9. The second-order valence-corrected chi connectivity index (χ2v) is 9.27. The molecule has 0 aliphatic rings. The van der Waals surface area contributed by atoms with Crippen LogP contribution >= 0.6 is 22.9 Å². The molecule has 3 heterocycles. The summed E-state index contributed by atoms with van der Waals surface area (Å²) in [4.78, 5) is 20.5. The van der Waals surface area contributed by atoms with Gasteiger partial charge < -0.3 is 9.47 Å². The summed E-state index contributed by atoms with van der Waals surface area (Å²) in [6.45, 7) is 6.31. The monoisotopic (exact) mass is 504 g/mol. The molecule has 1 atom stereocenters. The van der Waals surface area contributed by atoms with Crippen LogP contribution in [0.3, 0.4) is 0 Å². The van der Waals surface area contributed by atoms with E-state index in [1.807, 2.05) is 25.1 Å². The summed E-state index contributed by atoms with van der Waals surface area (Å²) in [5.41, 5.74) is 5.20. The molecule has 0 radical (unpaired) electrons. The summed E-state index contributed by atoms with van der Waals surface area (Å²) in [5.74, 6) is 5.93. The molecule has 0 saturated heterocycles. The van der Waals surface area contributed by atoms with E-state index in [4.69, 9.17) is 21.1 Å². The highest BCUT2D eigenvalue weighted by Crippen LogP contribution is 2.37. The molecule has 0 spiro atoms. The Morgan fingerprint density at radius 3 is 2.74 bits per heavy atom. The van der Waals surface area contributed by atoms with Crippen molar-refractivity contribution < 1.29 is 14.3 Å². The van der Waals surface area contributed by atoms with Crippen LogP contribution in [-0.4, -0.2) is 22.5 Å². The zero-order valence-corrected chi connectivity index (χ0v) is 21.4. The standard InChI is InChI=1S/C28H25ClN2O3S/c1-4-6-20(12-28(32)33-5-2)21-8-10-27(31-15-21)34-16-19-7-9-25-23(11-19)24(17-35-25)22-13-26(29)30-14-18(22)3/h7-11,13-15,17,20H,5,12,16H2,1-3H3/t20-/m0/s1. The van der Waals surface area contributed by atoms with Crippen molar-refractivity contribution in [3.8, 4) is 28.8 Å². The molecule has 35 heavy (non-hydrogen) atoms. The number of pyridine rings is 2. The molecule has 0 aliphatic carbocycles. The fourth-order valence-corrected chi connectivity index (χ4v) is 4.92. The lowest BCUT2D eigenvalue weighted by Gasteiger charge is -2.11. The maximum atomic E-state index is 11.9. The molecule has 1 aromatic carbocycles. The number of hydrogen-bond donors (Lipinski definition) is 0. The summed E-state index contributed by atoms with van der Waals surface area (Å²) in [7, 11) is 0. The van der Waals surface area contributed by atoms with Gasteiger partial charge in [-0.25, -0.2) is 9.97 Å². The van der Waals surface area contributed by atoms with Gasteiger partial charge in [-0.2, -0.15) is 0 Å².